The van der Waals surface area contributed by atoms with Gasteiger partial charge in [-0.15, -0.1) is 8.58 Å². The largest absolute Gasteiger partial charge is 0.115 e. The molecular formula is C11H15P. The highest BCUT2D eigenvalue weighted by molar-refractivity contribution is 7.38. The molecule has 0 nitrogen and oxygen atoms in total. The lowest BCUT2D eigenvalue weighted by Gasteiger charge is -2.03. The number of benzene rings is 1. The number of rotatable bonds is 0. The van der Waals surface area contributed by atoms with E-state index in [4.69, 9.17) is 0 Å². The molecule has 64 valence electrons. The average molecular weight is 178 g/mol. The maximum absolute atomic E-state index is 2.38. The molecule has 1 aromatic rings. The van der Waals surface area contributed by atoms with E-state index in [0.29, 0.717) is 0 Å². The number of hydrogen-bond donors (Lipinski definition) is 0. The van der Waals surface area contributed by atoms with Gasteiger partial charge in [-0.05, 0) is 35.8 Å². The number of fused-ring (bicyclic) bond motifs is 1. The second-order valence-corrected chi connectivity index (χ2v) is 5.34. The summed E-state index contributed by atoms with van der Waals surface area (Å²) in [7, 11) is 1.14. The van der Waals surface area contributed by atoms with E-state index in [2.05, 4.69) is 31.2 Å². The average Bonchev–Trinajstić information content (AvgIpc) is 2.29. The van der Waals surface area contributed by atoms with E-state index in [1.165, 1.54) is 19.0 Å². The minimum Gasteiger partial charge on any atom is -0.115 e. The Balaban J connectivity index is 2.26. The van der Waals surface area contributed by atoms with Crippen LogP contribution in [-0.2, 0) is 12.6 Å². The molecule has 0 fully saturated rings. The summed E-state index contributed by atoms with van der Waals surface area (Å²) in [5, 5.41) is 0. The van der Waals surface area contributed by atoms with Crippen LogP contribution in [-0.4, -0.2) is 5.66 Å². The smallest absolute Gasteiger partial charge is 0.00955 e. The zero-order chi connectivity index (χ0) is 8.39. The molecule has 0 aliphatic carbocycles. The van der Waals surface area contributed by atoms with Crippen molar-refractivity contribution in [3.63, 3.8) is 0 Å². The summed E-state index contributed by atoms with van der Waals surface area (Å²) in [6, 6.07) is 8.91. The van der Waals surface area contributed by atoms with Crippen molar-refractivity contribution in [2.45, 2.75) is 31.6 Å². The van der Waals surface area contributed by atoms with Gasteiger partial charge in [0.1, 0.15) is 0 Å². The topological polar surface area (TPSA) is 0 Å². The molecule has 0 saturated heterocycles. The van der Waals surface area contributed by atoms with E-state index in [-0.39, 0.29) is 0 Å². The number of hydrogen-bond acceptors (Lipinski definition) is 0. The van der Waals surface area contributed by atoms with Crippen molar-refractivity contribution in [2.75, 3.05) is 0 Å². The molecule has 1 aliphatic heterocycles. The molecule has 0 N–H and O–H groups in total. The van der Waals surface area contributed by atoms with Crippen LogP contribution < -0.4 is 0 Å². The fourth-order valence-electron chi connectivity index (χ4n) is 1.73. The zero-order valence-electron chi connectivity index (χ0n) is 7.51. The van der Waals surface area contributed by atoms with Crippen molar-refractivity contribution in [1.82, 2.24) is 0 Å². The van der Waals surface area contributed by atoms with Crippen LogP contribution in [0.1, 0.15) is 24.5 Å². The third-order valence-electron chi connectivity index (χ3n) is 2.61. The Morgan fingerprint density at radius 3 is 2.83 bits per heavy atom. The molecule has 1 heterocycles. The Kier molecular flexibility index (Phi) is 2.46. The fraction of sp³-hybridized carbons (Fsp3) is 0.455. The molecule has 0 radical (unpaired) electrons. The fourth-order valence-corrected chi connectivity index (χ4v) is 2.99. The van der Waals surface area contributed by atoms with Gasteiger partial charge in [-0.3, -0.25) is 0 Å². The van der Waals surface area contributed by atoms with Crippen molar-refractivity contribution < 1.29 is 0 Å². The van der Waals surface area contributed by atoms with E-state index in [9.17, 15) is 0 Å². The molecule has 0 amide bonds. The zero-order valence-corrected chi connectivity index (χ0v) is 8.51. The lowest BCUT2D eigenvalue weighted by Crippen LogP contribution is -1.93. The molecule has 2 rings (SSSR count). The Morgan fingerprint density at radius 1 is 1.25 bits per heavy atom. The highest BCUT2D eigenvalue weighted by Gasteiger charge is 2.10. The van der Waals surface area contributed by atoms with Crippen LogP contribution in [0.5, 0.6) is 0 Å². The van der Waals surface area contributed by atoms with Gasteiger partial charge >= 0.3 is 0 Å². The summed E-state index contributed by atoms with van der Waals surface area (Å²) in [6.45, 7) is 2.38. The Morgan fingerprint density at radius 2 is 2.00 bits per heavy atom. The van der Waals surface area contributed by atoms with Crippen LogP contribution in [0.25, 0.3) is 0 Å². The van der Waals surface area contributed by atoms with Gasteiger partial charge in [0.25, 0.3) is 0 Å². The molecule has 1 aromatic carbocycles. The van der Waals surface area contributed by atoms with Crippen LogP contribution in [0.4, 0.5) is 0 Å². The van der Waals surface area contributed by atoms with Gasteiger partial charge < -0.3 is 0 Å². The third kappa shape index (κ3) is 1.69. The van der Waals surface area contributed by atoms with Gasteiger partial charge in [-0.2, -0.15) is 0 Å². The minimum atomic E-state index is 0.942. The predicted molar refractivity (Wildman–Crippen MR) is 56.2 cm³/mol. The van der Waals surface area contributed by atoms with Crippen LogP contribution in [0.2, 0.25) is 0 Å². The van der Waals surface area contributed by atoms with Gasteiger partial charge in [-0.25, -0.2) is 0 Å². The predicted octanol–water partition coefficient (Wildman–Crippen LogP) is 3.20. The molecule has 1 heteroatoms. The Hall–Kier alpha value is -0.350. The van der Waals surface area contributed by atoms with Crippen molar-refractivity contribution in [3.05, 3.63) is 35.4 Å². The van der Waals surface area contributed by atoms with Crippen molar-refractivity contribution in [3.8, 4) is 0 Å². The quantitative estimate of drug-likeness (QED) is 0.535. The van der Waals surface area contributed by atoms with Crippen LogP contribution in [0.3, 0.4) is 0 Å². The van der Waals surface area contributed by atoms with Gasteiger partial charge in [0.2, 0.25) is 0 Å². The second-order valence-electron chi connectivity index (χ2n) is 3.59. The van der Waals surface area contributed by atoms with Crippen LogP contribution in [0.15, 0.2) is 24.3 Å². The van der Waals surface area contributed by atoms with E-state index in [1.54, 1.807) is 11.1 Å². The van der Waals surface area contributed by atoms with Crippen LogP contribution >= 0.6 is 8.58 Å². The lowest BCUT2D eigenvalue weighted by molar-refractivity contribution is 0.813. The monoisotopic (exact) mass is 178 g/mol. The summed E-state index contributed by atoms with van der Waals surface area (Å²) >= 11 is 0. The summed E-state index contributed by atoms with van der Waals surface area (Å²) in [6.07, 6.45) is 4.00. The molecule has 2 atom stereocenters. The van der Waals surface area contributed by atoms with Gasteiger partial charge in [0.05, 0.1) is 0 Å². The van der Waals surface area contributed by atoms with Crippen LogP contribution in [0, 0.1) is 0 Å². The highest BCUT2D eigenvalue weighted by Crippen LogP contribution is 2.33. The first-order chi connectivity index (χ1) is 5.86. The normalized spacial score (nSPS) is 24.9. The van der Waals surface area contributed by atoms with E-state index < -0.39 is 0 Å². The number of aryl methyl sites for hydroxylation is 1. The second kappa shape index (κ2) is 3.58. The summed E-state index contributed by atoms with van der Waals surface area (Å²) < 4.78 is 0. The van der Waals surface area contributed by atoms with Crippen molar-refractivity contribution in [1.29, 1.82) is 0 Å². The molecule has 0 bridgehead atoms. The lowest BCUT2D eigenvalue weighted by atomic mass is 10.0. The first-order valence-electron chi connectivity index (χ1n) is 4.66. The molecule has 1 aliphatic rings. The van der Waals surface area contributed by atoms with E-state index in [1.807, 2.05) is 0 Å². The summed E-state index contributed by atoms with van der Waals surface area (Å²) in [4.78, 5) is 0. The van der Waals surface area contributed by atoms with Gasteiger partial charge in [0, 0.05) is 0 Å². The van der Waals surface area contributed by atoms with Crippen molar-refractivity contribution in [2.24, 2.45) is 0 Å². The third-order valence-corrected chi connectivity index (χ3v) is 4.18. The Bertz CT molecular complexity index is 240. The molecule has 12 heavy (non-hydrogen) atoms. The molecule has 0 spiro atoms. The molecule has 0 aromatic heterocycles. The standard InChI is InChI=1S/C11H15P/c1-9-6-7-10-4-2-3-5-11(10)8-12-9/h2-5,9,12H,6-8H2,1H3. The molecule has 2 unspecified atom stereocenters. The van der Waals surface area contributed by atoms with Gasteiger partial charge in [-0.1, -0.05) is 31.2 Å². The Labute approximate surface area is 76.2 Å². The SMILES string of the molecule is CC1CCc2ccccc2CP1. The van der Waals surface area contributed by atoms with E-state index in [0.717, 1.165) is 14.2 Å². The molecule has 0 saturated carbocycles. The first kappa shape index (κ1) is 8.26. The first-order valence-corrected chi connectivity index (χ1v) is 5.95. The highest BCUT2D eigenvalue weighted by atomic mass is 31.1. The van der Waals surface area contributed by atoms with Crippen molar-refractivity contribution >= 4 is 8.58 Å². The summed E-state index contributed by atoms with van der Waals surface area (Å²) in [5.41, 5.74) is 4.13. The van der Waals surface area contributed by atoms with E-state index >= 15 is 0 Å². The summed E-state index contributed by atoms with van der Waals surface area (Å²) in [5.74, 6) is 0. The van der Waals surface area contributed by atoms with Gasteiger partial charge in [0.15, 0.2) is 0 Å². The molecular weight excluding hydrogens is 163 g/mol. The maximum atomic E-state index is 2.38. The maximum Gasteiger partial charge on any atom is -0.00955 e. The minimum absolute atomic E-state index is 0.942.